The van der Waals surface area contributed by atoms with E-state index in [1.807, 2.05) is 60.7 Å². The molecule has 4 rings (SSSR count). The van der Waals surface area contributed by atoms with Crippen LogP contribution in [0, 0.1) is 0 Å². The van der Waals surface area contributed by atoms with E-state index in [9.17, 15) is 0 Å². The molecule has 0 atom stereocenters. The van der Waals surface area contributed by atoms with Crippen molar-refractivity contribution < 1.29 is 0 Å². The zero-order valence-corrected chi connectivity index (χ0v) is 21.3. The summed E-state index contributed by atoms with van der Waals surface area (Å²) in [4.78, 5) is 0. The van der Waals surface area contributed by atoms with E-state index in [-0.39, 0.29) is 0 Å². The van der Waals surface area contributed by atoms with Crippen LogP contribution in [0.1, 0.15) is 17.0 Å². The van der Waals surface area contributed by atoms with Crippen molar-refractivity contribution in [3.05, 3.63) is 104 Å². The van der Waals surface area contributed by atoms with Gasteiger partial charge in [-0.2, -0.15) is 0 Å². The number of aromatic nitrogens is 3. The van der Waals surface area contributed by atoms with E-state index in [0.29, 0.717) is 31.6 Å². The van der Waals surface area contributed by atoms with Gasteiger partial charge < -0.3 is 0 Å². The molecule has 0 aliphatic carbocycles. The number of hydrogen-bond donors (Lipinski definition) is 0. The highest BCUT2D eigenvalue weighted by molar-refractivity contribution is 7.98. The van der Waals surface area contributed by atoms with E-state index < -0.39 is 0 Å². The molecule has 0 amide bonds. The molecule has 32 heavy (non-hydrogen) atoms. The average molecular weight is 541 g/mol. The van der Waals surface area contributed by atoms with Crippen molar-refractivity contribution in [1.29, 1.82) is 0 Å². The van der Waals surface area contributed by atoms with Crippen molar-refractivity contribution in [2.24, 2.45) is 0 Å². The minimum absolute atomic E-state index is 0.594. The summed E-state index contributed by atoms with van der Waals surface area (Å²) < 4.78 is 2.08. The van der Waals surface area contributed by atoms with E-state index in [0.717, 1.165) is 33.5 Å². The largest absolute Gasteiger partial charge is 0.273 e. The van der Waals surface area contributed by atoms with Crippen molar-refractivity contribution in [1.82, 2.24) is 14.8 Å². The van der Waals surface area contributed by atoms with Gasteiger partial charge in [0, 0.05) is 37.3 Å². The highest BCUT2D eigenvalue weighted by Gasteiger charge is 2.16. The van der Waals surface area contributed by atoms with Gasteiger partial charge in [-0.05, 0) is 47.5 Å². The normalized spacial score (nSPS) is 11.1. The number of nitrogens with zero attached hydrogens (tertiary/aromatic N) is 3. The Bertz CT molecular complexity index is 1200. The Labute approximate surface area is 215 Å². The molecule has 4 aromatic rings. The van der Waals surface area contributed by atoms with Crippen LogP contribution in [0.15, 0.2) is 71.9 Å². The third-order valence-electron chi connectivity index (χ3n) is 4.63. The zero-order valence-electron chi connectivity index (χ0n) is 16.6. The predicted octanol–water partition coefficient (Wildman–Crippen LogP) is 8.61. The Morgan fingerprint density at radius 3 is 2.19 bits per heavy atom. The van der Waals surface area contributed by atoms with Crippen molar-refractivity contribution in [3.8, 4) is 5.69 Å². The SMILES string of the molecule is Clc1ccc(CSCc2nnc(SCc3c(Cl)cccc3Cl)n2-c2ccccc2)c(Cl)c1. The van der Waals surface area contributed by atoms with Crippen LogP contribution in [-0.4, -0.2) is 14.8 Å². The fourth-order valence-electron chi connectivity index (χ4n) is 3.02. The molecule has 0 fully saturated rings. The topological polar surface area (TPSA) is 30.7 Å². The molecule has 0 aliphatic heterocycles. The molecule has 0 saturated heterocycles. The van der Waals surface area contributed by atoms with E-state index in [1.165, 1.54) is 0 Å². The highest BCUT2D eigenvalue weighted by Crippen LogP contribution is 2.33. The van der Waals surface area contributed by atoms with Crippen LogP contribution in [0.25, 0.3) is 5.69 Å². The van der Waals surface area contributed by atoms with Crippen LogP contribution in [-0.2, 0) is 17.3 Å². The molecule has 0 unspecified atom stereocenters. The van der Waals surface area contributed by atoms with Gasteiger partial charge >= 0.3 is 0 Å². The quantitative estimate of drug-likeness (QED) is 0.209. The van der Waals surface area contributed by atoms with E-state index in [4.69, 9.17) is 46.4 Å². The van der Waals surface area contributed by atoms with Crippen LogP contribution in [0.4, 0.5) is 0 Å². The van der Waals surface area contributed by atoms with Crippen LogP contribution < -0.4 is 0 Å². The number of hydrogen-bond acceptors (Lipinski definition) is 4. The Kier molecular flexibility index (Phi) is 8.32. The number of rotatable bonds is 8. The van der Waals surface area contributed by atoms with Crippen LogP contribution in [0.3, 0.4) is 0 Å². The summed E-state index contributed by atoms with van der Waals surface area (Å²) in [5.74, 6) is 2.87. The highest BCUT2D eigenvalue weighted by atomic mass is 35.5. The third kappa shape index (κ3) is 5.77. The van der Waals surface area contributed by atoms with Crippen LogP contribution in [0.5, 0.6) is 0 Å². The zero-order chi connectivity index (χ0) is 22.5. The lowest BCUT2D eigenvalue weighted by molar-refractivity contribution is 0.864. The van der Waals surface area contributed by atoms with Gasteiger partial charge in [0.15, 0.2) is 5.16 Å². The van der Waals surface area contributed by atoms with Crippen LogP contribution in [0.2, 0.25) is 20.1 Å². The molecular formula is C23H17Cl4N3S2. The third-order valence-corrected chi connectivity index (χ3v) is 7.85. The van der Waals surface area contributed by atoms with Gasteiger partial charge in [0.2, 0.25) is 0 Å². The summed E-state index contributed by atoms with van der Waals surface area (Å²) >= 11 is 28.3. The average Bonchev–Trinajstić information content (AvgIpc) is 3.18. The molecule has 0 N–H and O–H groups in total. The monoisotopic (exact) mass is 539 g/mol. The molecule has 3 aromatic carbocycles. The molecule has 0 spiro atoms. The van der Waals surface area contributed by atoms with Gasteiger partial charge in [-0.1, -0.05) is 88.5 Å². The number of benzene rings is 3. The Hall–Kier alpha value is -1.34. The summed E-state index contributed by atoms with van der Waals surface area (Å²) in [5, 5.41) is 12.3. The van der Waals surface area contributed by atoms with Crippen molar-refractivity contribution in [2.75, 3.05) is 0 Å². The number of halogens is 4. The summed E-state index contributed by atoms with van der Waals surface area (Å²) in [6, 6.07) is 21.2. The van der Waals surface area contributed by atoms with E-state index in [2.05, 4.69) is 14.8 Å². The predicted molar refractivity (Wildman–Crippen MR) is 139 cm³/mol. The van der Waals surface area contributed by atoms with Crippen molar-refractivity contribution >= 4 is 69.9 Å². The first-order valence-corrected chi connectivity index (χ1v) is 13.2. The second kappa shape index (κ2) is 11.2. The van der Waals surface area contributed by atoms with E-state index >= 15 is 0 Å². The first-order chi connectivity index (χ1) is 15.5. The maximum atomic E-state index is 6.34. The molecular weight excluding hydrogens is 524 g/mol. The smallest absolute Gasteiger partial charge is 0.196 e. The van der Waals surface area contributed by atoms with Gasteiger partial charge in [-0.25, -0.2) is 0 Å². The van der Waals surface area contributed by atoms with Gasteiger partial charge in [-0.15, -0.1) is 22.0 Å². The summed E-state index contributed by atoms with van der Waals surface area (Å²) in [5.41, 5.74) is 2.93. The molecule has 164 valence electrons. The number of para-hydroxylation sites is 1. The summed E-state index contributed by atoms with van der Waals surface area (Å²) in [7, 11) is 0. The van der Waals surface area contributed by atoms with Crippen LogP contribution >= 0.6 is 69.9 Å². The first kappa shape index (κ1) is 23.8. The molecule has 0 bridgehead atoms. The second-order valence-electron chi connectivity index (χ2n) is 6.79. The molecule has 1 aromatic heterocycles. The molecule has 0 radical (unpaired) electrons. The second-order valence-corrected chi connectivity index (χ2v) is 10.4. The Morgan fingerprint density at radius 1 is 0.719 bits per heavy atom. The minimum Gasteiger partial charge on any atom is -0.273 e. The Morgan fingerprint density at radius 2 is 1.47 bits per heavy atom. The van der Waals surface area contributed by atoms with Gasteiger partial charge in [0.25, 0.3) is 0 Å². The lowest BCUT2D eigenvalue weighted by Gasteiger charge is -2.11. The van der Waals surface area contributed by atoms with Gasteiger partial charge in [0.05, 0.1) is 5.75 Å². The molecule has 9 heteroatoms. The molecule has 0 saturated carbocycles. The van der Waals surface area contributed by atoms with Crippen molar-refractivity contribution in [3.63, 3.8) is 0 Å². The Balaban J connectivity index is 1.54. The molecule has 0 aliphatic rings. The van der Waals surface area contributed by atoms with Gasteiger partial charge in [0.1, 0.15) is 5.82 Å². The first-order valence-electron chi connectivity index (χ1n) is 9.60. The number of thioether (sulfide) groups is 2. The lowest BCUT2D eigenvalue weighted by Crippen LogP contribution is -2.02. The molecule has 1 heterocycles. The molecule has 3 nitrogen and oxygen atoms in total. The van der Waals surface area contributed by atoms with Gasteiger partial charge in [-0.3, -0.25) is 4.57 Å². The fourth-order valence-corrected chi connectivity index (χ4v) is 6.23. The van der Waals surface area contributed by atoms with E-state index in [1.54, 1.807) is 29.6 Å². The standard InChI is InChI=1S/C23H17Cl4N3S2/c24-16-10-9-15(21(27)11-16)12-31-14-22-28-29-23(30(22)17-5-2-1-3-6-17)32-13-18-19(25)7-4-8-20(18)26/h1-11H,12-14H2. The van der Waals surface area contributed by atoms with Crippen molar-refractivity contribution in [2.45, 2.75) is 22.4 Å². The minimum atomic E-state index is 0.594. The maximum absolute atomic E-state index is 6.34. The lowest BCUT2D eigenvalue weighted by atomic mass is 10.2. The fraction of sp³-hybridized carbons (Fsp3) is 0.130. The summed E-state index contributed by atoms with van der Waals surface area (Å²) in [6.07, 6.45) is 0. The summed E-state index contributed by atoms with van der Waals surface area (Å²) in [6.45, 7) is 0. The maximum Gasteiger partial charge on any atom is 0.196 e.